The molecule has 0 heterocycles. The van der Waals surface area contributed by atoms with Gasteiger partial charge in [-0.3, -0.25) is 4.79 Å². The molecule has 60 heavy (non-hydrogen) atoms. The van der Waals surface area contributed by atoms with Crippen LogP contribution in [0, 0.1) is 0 Å². The largest absolute Gasteiger partial charge is 0.394 e. The van der Waals surface area contributed by atoms with Gasteiger partial charge in [0.05, 0.1) is 18.8 Å². The van der Waals surface area contributed by atoms with Crippen LogP contribution < -0.4 is 5.32 Å². The predicted molar refractivity (Wildman–Crippen MR) is 267 cm³/mol. The van der Waals surface area contributed by atoms with E-state index in [4.69, 9.17) is 0 Å². The van der Waals surface area contributed by atoms with E-state index in [9.17, 15) is 15.0 Å². The van der Waals surface area contributed by atoms with Crippen LogP contribution in [0.3, 0.4) is 0 Å². The highest BCUT2D eigenvalue weighted by molar-refractivity contribution is 5.76. The number of aliphatic hydroxyl groups excluding tert-OH is 2. The second-order valence-electron chi connectivity index (χ2n) is 18.3. The van der Waals surface area contributed by atoms with E-state index in [1.54, 1.807) is 6.08 Å². The number of allylic oxidation sites excluding steroid dienone is 7. The van der Waals surface area contributed by atoms with Crippen molar-refractivity contribution in [1.82, 2.24) is 5.32 Å². The molecule has 4 heteroatoms. The third kappa shape index (κ3) is 47.4. The van der Waals surface area contributed by atoms with Crippen molar-refractivity contribution in [1.29, 1.82) is 0 Å². The Balaban J connectivity index is 3.51. The maximum atomic E-state index is 12.4. The fraction of sp³-hybridized carbons (Fsp3) is 0.839. The molecule has 0 bridgehead atoms. The Morgan fingerprint density at radius 1 is 0.400 bits per heavy atom. The Hall–Kier alpha value is -1.65. The number of nitrogens with one attached hydrogen (secondary N) is 1. The smallest absolute Gasteiger partial charge is 0.220 e. The van der Waals surface area contributed by atoms with E-state index in [1.807, 2.05) is 6.08 Å². The number of unbranched alkanes of at least 4 members (excludes halogenated alkanes) is 36. The Morgan fingerprint density at radius 2 is 0.700 bits per heavy atom. The van der Waals surface area contributed by atoms with Crippen molar-refractivity contribution in [2.45, 2.75) is 296 Å². The lowest BCUT2D eigenvalue weighted by Crippen LogP contribution is -2.45. The summed E-state index contributed by atoms with van der Waals surface area (Å²) in [5.74, 6) is -0.0709. The number of carbonyl (C=O) groups excluding carboxylic acids is 1. The van der Waals surface area contributed by atoms with Crippen LogP contribution in [-0.2, 0) is 4.79 Å². The summed E-state index contributed by atoms with van der Waals surface area (Å²) in [5, 5.41) is 23.1. The highest BCUT2D eigenvalue weighted by Crippen LogP contribution is 2.16. The minimum atomic E-state index is -0.862. The van der Waals surface area contributed by atoms with Crippen molar-refractivity contribution in [2.75, 3.05) is 6.61 Å². The highest BCUT2D eigenvalue weighted by Gasteiger charge is 2.17. The van der Waals surface area contributed by atoms with Crippen LogP contribution in [0.1, 0.15) is 284 Å². The first-order valence-corrected chi connectivity index (χ1v) is 26.9. The zero-order valence-corrected chi connectivity index (χ0v) is 40.5. The van der Waals surface area contributed by atoms with Gasteiger partial charge in [-0.15, -0.1) is 0 Å². The van der Waals surface area contributed by atoms with E-state index in [-0.39, 0.29) is 12.5 Å². The topological polar surface area (TPSA) is 69.6 Å². The SMILES string of the molecule is CCCCCCC/C=C\C/C=C\CCCCCCCCCCCCCCCCCCCC(=O)NC(CO)C(O)/C=C/CC/C=C/CCCCCCCCCCCCCCC. The first-order valence-electron chi connectivity index (χ1n) is 26.9. The average Bonchev–Trinajstić information content (AvgIpc) is 3.25. The molecule has 2 unspecified atom stereocenters. The second kappa shape index (κ2) is 51.7. The molecule has 0 fully saturated rings. The van der Waals surface area contributed by atoms with Gasteiger partial charge < -0.3 is 15.5 Å². The van der Waals surface area contributed by atoms with Gasteiger partial charge in [-0.2, -0.15) is 0 Å². The summed E-state index contributed by atoms with van der Waals surface area (Å²) in [7, 11) is 0. The molecule has 0 rings (SSSR count). The van der Waals surface area contributed by atoms with Crippen LogP contribution >= 0.6 is 0 Å². The van der Waals surface area contributed by atoms with Gasteiger partial charge in [0.2, 0.25) is 5.91 Å². The molecule has 1 amide bonds. The van der Waals surface area contributed by atoms with Crippen molar-refractivity contribution < 1.29 is 15.0 Å². The third-order valence-electron chi connectivity index (χ3n) is 12.3. The molecule has 0 saturated heterocycles. The summed E-state index contributed by atoms with van der Waals surface area (Å²) in [5.41, 5.74) is 0. The molecule has 0 spiro atoms. The normalized spacial score (nSPS) is 13.2. The summed E-state index contributed by atoms with van der Waals surface area (Å²) in [6, 6.07) is -0.639. The van der Waals surface area contributed by atoms with E-state index < -0.39 is 12.1 Å². The first kappa shape index (κ1) is 58.4. The van der Waals surface area contributed by atoms with Crippen LogP contribution in [0.5, 0.6) is 0 Å². The van der Waals surface area contributed by atoms with E-state index in [0.29, 0.717) is 6.42 Å². The molecule has 0 saturated carbocycles. The second-order valence-corrected chi connectivity index (χ2v) is 18.3. The zero-order chi connectivity index (χ0) is 43.5. The number of hydrogen-bond donors (Lipinski definition) is 3. The van der Waals surface area contributed by atoms with Gasteiger partial charge in [0, 0.05) is 6.42 Å². The molecule has 0 aliphatic rings. The van der Waals surface area contributed by atoms with Crippen LogP contribution in [0.2, 0.25) is 0 Å². The summed E-state index contributed by atoms with van der Waals surface area (Å²) in [6.07, 6.45) is 71.2. The number of hydrogen-bond acceptors (Lipinski definition) is 3. The molecular weight excluding hydrogens is 735 g/mol. The van der Waals surface area contributed by atoms with Crippen LogP contribution in [0.15, 0.2) is 48.6 Å². The van der Waals surface area contributed by atoms with Crippen LogP contribution in [0.4, 0.5) is 0 Å². The van der Waals surface area contributed by atoms with Crippen LogP contribution in [0.25, 0.3) is 0 Å². The molecule has 352 valence electrons. The van der Waals surface area contributed by atoms with E-state index in [1.165, 1.54) is 225 Å². The van der Waals surface area contributed by atoms with Gasteiger partial charge in [0.15, 0.2) is 0 Å². The molecule has 0 aromatic rings. The standard InChI is InChI=1S/C56H105NO3/c1-3-5-7-9-11-13-15-17-19-21-23-24-25-26-27-28-29-30-31-32-34-36-38-40-42-44-46-48-50-52-56(60)57-54(53-58)55(59)51-49-47-45-43-41-39-37-35-33-22-20-18-16-14-12-10-8-6-4-2/h15,17,21,23,41,43,49,51,54-55,58-59H,3-14,16,18-20,22,24-40,42,44-48,50,52-53H2,1-2H3,(H,57,60)/b17-15-,23-21-,43-41+,51-49+. The molecule has 0 aromatic carbocycles. The van der Waals surface area contributed by atoms with Gasteiger partial charge in [-0.1, -0.05) is 262 Å². The fourth-order valence-corrected chi connectivity index (χ4v) is 8.17. The van der Waals surface area contributed by atoms with E-state index in [0.717, 1.165) is 38.5 Å². The quantitative estimate of drug-likeness (QED) is 0.0422. The minimum absolute atomic E-state index is 0.0709. The Kier molecular flexibility index (Phi) is 50.3. The first-order chi connectivity index (χ1) is 29.7. The van der Waals surface area contributed by atoms with Crippen molar-refractivity contribution in [3.63, 3.8) is 0 Å². The number of carbonyl (C=O) groups is 1. The Bertz CT molecular complexity index is 954. The molecule has 0 aliphatic heterocycles. The lowest BCUT2D eigenvalue weighted by atomic mass is 10.0. The lowest BCUT2D eigenvalue weighted by molar-refractivity contribution is -0.123. The average molecular weight is 840 g/mol. The maximum Gasteiger partial charge on any atom is 0.220 e. The van der Waals surface area contributed by atoms with Crippen molar-refractivity contribution >= 4 is 5.91 Å². The Labute approximate surface area is 375 Å². The van der Waals surface area contributed by atoms with Gasteiger partial charge in [0.25, 0.3) is 0 Å². The van der Waals surface area contributed by atoms with Crippen molar-refractivity contribution in [3.05, 3.63) is 48.6 Å². The summed E-state index contributed by atoms with van der Waals surface area (Å²) in [4.78, 5) is 12.4. The number of amides is 1. The number of aliphatic hydroxyl groups is 2. The monoisotopic (exact) mass is 840 g/mol. The highest BCUT2D eigenvalue weighted by atomic mass is 16.3. The lowest BCUT2D eigenvalue weighted by Gasteiger charge is -2.19. The van der Waals surface area contributed by atoms with E-state index >= 15 is 0 Å². The molecule has 0 aromatic heterocycles. The Morgan fingerprint density at radius 3 is 1.07 bits per heavy atom. The van der Waals surface area contributed by atoms with E-state index in [2.05, 4.69) is 55.6 Å². The van der Waals surface area contributed by atoms with Gasteiger partial charge >= 0.3 is 0 Å². The zero-order valence-electron chi connectivity index (χ0n) is 40.5. The van der Waals surface area contributed by atoms with Crippen molar-refractivity contribution in [2.24, 2.45) is 0 Å². The third-order valence-corrected chi connectivity index (χ3v) is 12.3. The van der Waals surface area contributed by atoms with Crippen LogP contribution in [-0.4, -0.2) is 34.9 Å². The molecule has 0 radical (unpaired) electrons. The maximum absolute atomic E-state index is 12.4. The molecule has 3 N–H and O–H groups in total. The minimum Gasteiger partial charge on any atom is -0.394 e. The molecule has 4 nitrogen and oxygen atoms in total. The van der Waals surface area contributed by atoms with Gasteiger partial charge in [-0.25, -0.2) is 0 Å². The summed E-state index contributed by atoms with van der Waals surface area (Å²) >= 11 is 0. The molecular formula is C56H105NO3. The van der Waals surface area contributed by atoms with Gasteiger partial charge in [-0.05, 0) is 64.2 Å². The fourth-order valence-electron chi connectivity index (χ4n) is 8.17. The molecule has 2 atom stereocenters. The predicted octanol–water partition coefficient (Wildman–Crippen LogP) is 17.5. The van der Waals surface area contributed by atoms with Gasteiger partial charge in [0.1, 0.15) is 0 Å². The molecule has 0 aliphatic carbocycles. The summed E-state index contributed by atoms with van der Waals surface area (Å²) < 4.78 is 0. The summed E-state index contributed by atoms with van der Waals surface area (Å²) in [6.45, 7) is 4.31. The number of rotatable bonds is 49. The van der Waals surface area contributed by atoms with Crippen molar-refractivity contribution in [3.8, 4) is 0 Å².